The van der Waals surface area contributed by atoms with Gasteiger partial charge in [0.25, 0.3) is 0 Å². The standard InChI is InChI=1S/C19H22ClFN4O2/c1-3-14(25-10(2)8-16(23)26)12-5-6-13(20)17(18(12)21)19(27)11-4-7-15(22)24-9-11/h4-7,9-10,14,25H,3,8H2,1-2H3,(H2,22,24)(H2,23,26). The van der Waals surface area contributed by atoms with E-state index >= 15 is 4.39 Å². The summed E-state index contributed by atoms with van der Waals surface area (Å²) in [7, 11) is 0. The van der Waals surface area contributed by atoms with Crippen LogP contribution in [0.3, 0.4) is 0 Å². The van der Waals surface area contributed by atoms with Crippen molar-refractivity contribution in [1.29, 1.82) is 0 Å². The first-order chi connectivity index (χ1) is 12.7. The molecule has 0 aliphatic rings. The second-order valence-corrected chi connectivity index (χ2v) is 6.73. The molecule has 0 radical (unpaired) electrons. The number of nitrogens with zero attached hydrogens (tertiary/aromatic N) is 1. The van der Waals surface area contributed by atoms with E-state index in [0.717, 1.165) is 0 Å². The molecule has 8 heteroatoms. The predicted octanol–water partition coefficient (Wildman–Crippen LogP) is 2.99. The van der Waals surface area contributed by atoms with E-state index in [1.807, 2.05) is 6.92 Å². The molecule has 1 aromatic carbocycles. The minimum atomic E-state index is -0.699. The van der Waals surface area contributed by atoms with E-state index in [-0.39, 0.29) is 34.4 Å². The highest BCUT2D eigenvalue weighted by molar-refractivity contribution is 6.35. The van der Waals surface area contributed by atoms with Crippen LogP contribution in [-0.2, 0) is 4.79 Å². The molecule has 27 heavy (non-hydrogen) atoms. The molecular weight excluding hydrogens is 371 g/mol. The van der Waals surface area contributed by atoms with Crippen LogP contribution in [0.4, 0.5) is 10.2 Å². The first kappa shape index (κ1) is 20.8. The average Bonchev–Trinajstić information content (AvgIpc) is 2.60. The summed E-state index contributed by atoms with van der Waals surface area (Å²) in [5, 5.41) is 3.18. The van der Waals surface area contributed by atoms with E-state index < -0.39 is 23.5 Å². The first-order valence-corrected chi connectivity index (χ1v) is 8.90. The molecule has 0 spiro atoms. The molecule has 6 nitrogen and oxygen atoms in total. The number of benzene rings is 1. The number of carbonyl (C=O) groups is 2. The molecular formula is C19H22ClFN4O2. The Kier molecular flexibility index (Phi) is 6.87. The van der Waals surface area contributed by atoms with Gasteiger partial charge < -0.3 is 16.8 Å². The van der Waals surface area contributed by atoms with Crippen LogP contribution < -0.4 is 16.8 Å². The molecule has 0 saturated carbocycles. The summed E-state index contributed by atoms with van der Waals surface area (Å²) < 4.78 is 15.2. The van der Waals surface area contributed by atoms with E-state index in [1.54, 1.807) is 6.92 Å². The highest BCUT2D eigenvalue weighted by atomic mass is 35.5. The minimum Gasteiger partial charge on any atom is -0.384 e. The van der Waals surface area contributed by atoms with Gasteiger partial charge in [0.05, 0.1) is 10.6 Å². The van der Waals surface area contributed by atoms with Crippen LogP contribution in [-0.4, -0.2) is 22.7 Å². The number of halogens is 2. The fraction of sp³-hybridized carbons (Fsp3) is 0.316. The van der Waals surface area contributed by atoms with E-state index in [1.165, 1.54) is 30.5 Å². The highest BCUT2D eigenvalue weighted by Gasteiger charge is 2.25. The molecule has 1 amide bonds. The Labute approximate surface area is 162 Å². The Morgan fingerprint density at radius 1 is 1.30 bits per heavy atom. The fourth-order valence-corrected chi connectivity index (χ4v) is 3.09. The van der Waals surface area contributed by atoms with Crippen molar-refractivity contribution < 1.29 is 14.0 Å². The van der Waals surface area contributed by atoms with Crippen LogP contribution in [0.15, 0.2) is 30.5 Å². The van der Waals surface area contributed by atoms with Gasteiger partial charge in [-0.05, 0) is 31.5 Å². The molecule has 0 aliphatic carbocycles. The Morgan fingerprint density at radius 3 is 2.56 bits per heavy atom. The zero-order valence-electron chi connectivity index (χ0n) is 15.1. The van der Waals surface area contributed by atoms with Crippen molar-refractivity contribution in [2.45, 2.75) is 38.8 Å². The molecule has 144 valence electrons. The lowest BCUT2D eigenvalue weighted by Gasteiger charge is -2.23. The number of nitrogens with one attached hydrogen (secondary N) is 1. The Bertz CT molecular complexity index is 842. The van der Waals surface area contributed by atoms with Gasteiger partial charge in [0.15, 0.2) is 5.78 Å². The SMILES string of the molecule is CCC(NC(C)CC(N)=O)c1ccc(Cl)c(C(=O)c2ccc(N)nc2)c1F. The maximum Gasteiger partial charge on any atom is 0.218 e. The number of hydrogen-bond acceptors (Lipinski definition) is 5. The summed E-state index contributed by atoms with van der Waals surface area (Å²) >= 11 is 6.11. The second-order valence-electron chi connectivity index (χ2n) is 6.33. The summed E-state index contributed by atoms with van der Waals surface area (Å²) in [5.41, 5.74) is 11.0. The largest absolute Gasteiger partial charge is 0.384 e. The summed E-state index contributed by atoms with van der Waals surface area (Å²) in [6, 6.07) is 5.30. The number of nitrogen functional groups attached to an aromatic ring is 1. The van der Waals surface area contributed by atoms with Crippen molar-refractivity contribution >= 4 is 29.1 Å². The number of nitrogens with two attached hydrogens (primary N) is 2. The van der Waals surface area contributed by atoms with Crippen molar-refractivity contribution in [3.8, 4) is 0 Å². The molecule has 0 fully saturated rings. The normalized spacial score (nSPS) is 13.2. The lowest BCUT2D eigenvalue weighted by atomic mass is 9.96. The van der Waals surface area contributed by atoms with Crippen LogP contribution in [0.5, 0.6) is 0 Å². The molecule has 2 atom stereocenters. The number of primary amides is 1. The third-order valence-electron chi connectivity index (χ3n) is 4.17. The van der Waals surface area contributed by atoms with Crippen LogP contribution >= 0.6 is 11.6 Å². The third-order valence-corrected chi connectivity index (χ3v) is 4.49. The van der Waals surface area contributed by atoms with E-state index in [9.17, 15) is 9.59 Å². The van der Waals surface area contributed by atoms with Crippen LogP contribution in [0.25, 0.3) is 0 Å². The number of pyridine rings is 1. The van der Waals surface area contributed by atoms with Gasteiger partial charge in [-0.25, -0.2) is 9.37 Å². The lowest BCUT2D eigenvalue weighted by molar-refractivity contribution is -0.118. The number of aromatic nitrogens is 1. The molecule has 0 saturated heterocycles. The maximum absolute atomic E-state index is 15.2. The highest BCUT2D eigenvalue weighted by Crippen LogP contribution is 2.30. The van der Waals surface area contributed by atoms with Crippen molar-refractivity contribution in [3.05, 3.63) is 58.0 Å². The van der Waals surface area contributed by atoms with Crippen molar-refractivity contribution in [1.82, 2.24) is 10.3 Å². The monoisotopic (exact) mass is 392 g/mol. The number of ketones is 1. The Hall–Kier alpha value is -2.51. The molecule has 1 aromatic heterocycles. The summed E-state index contributed by atoms with van der Waals surface area (Å²) in [4.78, 5) is 27.7. The Morgan fingerprint density at radius 2 is 2.00 bits per heavy atom. The zero-order chi connectivity index (χ0) is 20.1. The average molecular weight is 393 g/mol. The molecule has 0 aliphatic heterocycles. The number of amides is 1. The Balaban J connectivity index is 2.39. The van der Waals surface area contributed by atoms with E-state index in [2.05, 4.69) is 10.3 Å². The number of anilines is 1. The van der Waals surface area contributed by atoms with Gasteiger partial charge in [-0.3, -0.25) is 9.59 Å². The minimum absolute atomic E-state index is 0.0121. The summed E-state index contributed by atoms with van der Waals surface area (Å²) in [6.07, 6.45) is 1.94. The predicted molar refractivity (Wildman–Crippen MR) is 103 cm³/mol. The molecule has 5 N–H and O–H groups in total. The van der Waals surface area contributed by atoms with Crippen molar-refractivity contribution in [3.63, 3.8) is 0 Å². The topological polar surface area (TPSA) is 111 Å². The molecule has 2 rings (SSSR count). The lowest BCUT2D eigenvalue weighted by Crippen LogP contribution is -2.34. The maximum atomic E-state index is 15.2. The van der Waals surface area contributed by atoms with Crippen LogP contribution in [0.1, 0.15) is 54.2 Å². The van der Waals surface area contributed by atoms with Gasteiger partial charge in [0, 0.05) is 35.8 Å². The van der Waals surface area contributed by atoms with Gasteiger partial charge in [-0.2, -0.15) is 0 Å². The quantitative estimate of drug-likeness (QED) is 0.598. The third kappa shape index (κ3) is 5.02. The second kappa shape index (κ2) is 8.92. The van der Waals surface area contributed by atoms with Crippen molar-refractivity contribution in [2.24, 2.45) is 5.73 Å². The van der Waals surface area contributed by atoms with Crippen LogP contribution in [0, 0.1) is 5.82 Å². The number of carbonyl (C=O) groups excluding carboxylic acids is 2. The molecule has 2 aromatic rings. The van der Waals surface area contributed by atoms with Gasteiger partial charge in [-0.15, -0.1) is 0 Å². The summed E-state index contributed by atoms with van der Waals surface area (Å²) in [6.45, 7) is 3.65. The van der Waals surface area contributed by atoms with Crippen LogP contribution in [0.2, 0.25) is 5.02 Å². The van der Waals surface area contributed by atoms with Gasteiger partial charge in [0.1, 0.15) is 11.6 Å². The van der Waals surface area contributed by atoms with Gasteiger partial charge in [-0.1, -0.05) is 24.6 Å². The first-order valence-electron chi connectivity index (χ1n) is 8.53. The number of hydrogen-bond donors (Lipinski definition) is 3. The molecule has 0 bridgehead atoms. The van der Waals surface area contributed by atoms with Gasteiger partial charge >= 0.3 is 0 Å². The van der Waals surface area contributed by atoms with E-state index in [0.29, 0.717) is 12.0 Å². The number of rotatable bonds is 8. The fourth-order valence-electron chi connectivity index (χ4n) is 2.86. The van der Waals surface area contributed by atoms with E-state index in [4.69, 9.17) is 23.1 Å². The molecule has 2 unspecified atom stereocenters. The summed E-state index contributed by atoms with van der Waals surface area (Å²) in [5.74, 6) is -1.47. The van der Waals surface area contributed by atoms with Gasteiger partial charge in [0.2, 0.25) is 5.91 Å². The zero-order valence-corrected chi connectivity index (χ0v) is 15.9. The molecule has 1 heterocycles. The smallest absolute Gasteiger partial charge is 0.218 e. The van der Waals surface area contributed by atoms with Crippen molar-refractivity contribution in [2.75, 3.05) is 5.73 Å².